The van der Waals surface area contributed by atoms with E-state index in [0.717, 1.165) is 30.0 Å². The molecule has 0 aliphatic carbocycles. The molecule has 0 heterocycles. The van der Waals surface area contributed by atoms with Crippen LogP contribution in [0.2, 0.25) is 0 Å². The van der Waals surface area contributed by atoms with Crippen LogP contribution in [0.4, 0.5) is 13.2 Å². The van der Waals surface area contributed by atoms with Crippen molar-refractivity contribution < 1.29 is 37.0 Å². The molecule has 2 aromatic rings. The summed E-state index contributed by atoms with van der Waals surface area (Å²) in [5.74, 6) is -1.15. The third-order valence-electron chi connectivity index (χ3n) is 5.19. The van der Waals surface area contributed by atoms with Crippen LogP contribution in [0.1, 0.15) is 52.9 Å². The lowest BCUT2D eigenvalue weighted by Gasteiger charge is -2.19. The zero-order valence-electron chi connectivity index (χ0n) is 21.7. The number of nitrogens with zero attached hydrogens (tertiary/aromatic N) is 3. The second-order valence-corrected chi connectivity index (χ2v) is 9.64. The Balaban J connectivity index is 1.83. The smallest absolute Gasteiger partial charge is 0.471 e. The number of halogens is 3. The molecular formula is C26H33F3N4O5. The van der Waals surface area contributed by atoms with Crippen LogP contribution < -0.4 is 14.8 Å². The third kappa shape index (κ3) is 11.6. The quantitative estimate of drug-likeness (QED) is 0.100. The Kier molecular flexibility index (Phi) is 11.5. The molecular weight excluding hydrogens is 505 g/mol. The van der Waals surface area contributed by atoms with E-state index in [9.17, 15) is 22.8 Å². The van der Waals surface area contributed by atoms with Crippen molar-refractivity contribution >= 4 is 22.6 Å². The minimum Gasteiger partial charge on any atom is -0.494 e. The molecule has 1 amide bonds. The highest BCUT2D eigenvalue weighted by Gasteiger charge is 2.39. The van der Waals surface area contributed by atoms with E-state index < -0.39 is 23.7 Å². The zero-order valence-corrected chi connectivity index (χ0v) is 21.7. The molecule has 12 heteroatoms. The molecule has 0 radical (unpaired) electrons. The van der Waals surface area contributed by atoms with Crippen LogP contribution in [0.3, 0.4) is 0 Å². The molecule has 0 bridgehead atoms. The highest BCUT2D eigenvalue weighted by molar-refractivity contribution is 5.85. The van der Waals surface area contributed by atoms with Crippen LogP contribution in [0.25, 0.3) is 21.2 Å². The van der Waals surface area contributed by atoms with Gasteiger partial charge >= 0.3 is 18.1 Å². The molecule has 2 aromatic carbocycles. The van der Waals surface area contributed by atoms with E-state index >= 15 is 0 Å². The summed E-state index contributed by atoms with van der Waals surface area (Å²) in [5, 5.41) is 6.86. The van der Waals surface area contributed by atoms with Crippen LogP contribution >= 0.6 is 0 Å². The number of alkyl halides is 3. The summed E-state index contributed by atoms with van der Waals surface area (Å²) < 4.78 is 54.4. The molecule has 0 aliphatic rings. The van der Waals surface area contributed by atoms with Crippen molar-refractivity contribution in [2.75, 3.05) is 19.8 Å². The van der Waals surface area contributed by atoms with Gasteiger partial charge in [0.25, 0.3) is 0 Å². The first-order chi connectivity index (χ1) is 17.9. The van der Waals surface area contributed by atoms with Crippen LogP contribution in [0.5, 0.6) is 11.5 Å². The number of unbranched alkanes of at least 4 members (excludes halogenated alkanes) is 2. The standard InChI is InChI=1S/C26H33F3N4O5/c1-25(2,3)38-23(34)7-5-4-6-13-36-21-10-8-18-9-11-22(16-19(18)15-21)37-14-12-20(17-31-33-30)32-24(35)26(27,28)29/h8-11,15-16,20H,4-7,12-14,17H2,1-3H3,(H,32,35)/t20-/m1/s1. The number of nitrogens with one attached hydrogen (secondary N) is 1. The maximum atomic E-state index is 12.5. The molecule has 208 valence electrons. The van der Waals surface area contributed by atoms with Gasteiger partial charge in [-0.3, -0.25) is 9.59 Å². The number of ether oxygens (including phenoxy) is 3. The molecule has 0 saturated carbocycles. The van der Waals surface area contributed by atoms with Crippen molar-refractivity contribution in [3.63, 3.8) is 0 Å². The molecule has 2 rings (SSSR count). The van der Waals surface area contributed by atoms with Crippen molar-refractivity contribution in [3.8, 4) is 11.5 Å². The summed E-state index contributed by atoms with van der Waals surface area (Å²) in [5.41, 5.74) is 7.97. The lowest BCUT2D eigenvalue weighted by Crippen LogP contribution is -2.45. The number of hydrogen-bond acceptors (Lipinski definition) is 6. The van der Waals surface area contributed by atoms with Gasteiger partial charge in [-0.2, -0.15) is 13.2 Å². The Labute approximate surface area is 219 Å². The van der Waals surface area contributed by atoms with Crippen molar-refractivity contribution in [1.82, 2.24) is 5.32 Å². The Hall–Kier alpha value is -3.66. The Morgan fingerprint density at radius 3 is 2.18 bits per heavy atom. The van der Waals surface area contributed by atoms with Crippen molar-refractivity contribution in [3.05, 3.63) is 46.8 Å². The maximum Gasteiger partial charge on any atom is 0.471 e. The maximum absolute atomic E-state index is 12.5. The summed E-state index contributed by atoms with van der Waals surface area (Å²) in [7, 11) is 0. The molecule has 0 aromatic heterocycles. The van der Waals surface area contributed by atoms with Crippen LogP contribution in [-0.4, -0.2) is 49.5 Å². The molecule has 0 aliphatic heterocycles. The van der Waals surface area contributed by atoms with E-state index in [-0.39, 0.29) is 25.5 Å². The van der Waals surface area contributed by atoms with Crippen LogP contribution in [-0.2, 0) is 14.3 Å². The Morgan fingerprint density at radius 1 is 0.974 bits per heavy atom. The Bertz CT molecular complexity index is 1130. The second kappa shape index (κ2) is 14.3. The SMILES string of the molecule is CC(C)(C)OC(=O)CCCCCOc1ccc2ccc(OCC[C@H](CN=[N+]=[N-])NC(=O)C(F)(F)F)cc2c1. The van der Waals surface area contributed by atoms with Crippen molar-refractivity contribution in [2.45, 2.75) is 70.7 Å². The van der Waals surface area contributed by atoms with Crippen LogP contribution in [0, 0.1) is 0 Å². The molecule has 1 atom stereocenters. The molecule has 0 fully saturated rings. The van der Waals surface area contributed by atoms with E-state index in [1.54, 1.807) is 12.1 Å². The van der Waals surface area contributed by atoms with E-state index in [2.05, 4.69) is 10.0 Å². The predicted octanol–water partition coefficient (Wildman–Crippen LogP) is 6.25. The van der Waals surface area contributed by atoms with E-state index in [1.165, 1.54) is 0 Å². The fraction of sp³-hybridized carbons (Fsp3) is 0.538. The van der Waals surface area contributed by atoms with Gasteiger partial charge in [0.1, 0.15) is 17.1 Å². The summed E-state index contributed by atoms with van der Waals surface area (Å²) in [6.45, 7) is 5.67. The van der Waals surface area contributed by atoms with E-state index in [0.29, 0.717) is 24.5 Å². The normalized spacial score (nSPS) is 12.4. The van der Waals surface area contributed by atoms with E-state index in [4.69, 9.17) is 19.7 Å². The molecule has 38 heavy (non-hydrogen) atoms. The predicted molar refractivity (Wildman–Crippen MR) is 136 cm³/mol. The van der Waals surface area contributed by atoms with Gasteiger partial charge < -0.3 is 19.5 Å². The first-order valence-electron chi connectivity index (χ1n) is 12.3. The largest absolute Gasteiger partial charge is 0.494 e. The van der Waals surface area contributed by atoms with Gasteiger partial charge in [0.2, 0.25) is 0 Å². The number of rotatable bonds is 14. The van der Waals surface area contributed by atoms with Gasteiger partial charge in [-0.15, -0.1) is 0 Å². The lowest BCUT2D eigenvalue weighted by molar-refractivity contribution is -0.174. The third-order valence-corrected chi connectivity index (χ3v) is 5.19. The van der Waals surface area contributed by atoms with Gasteiger partial charge in [0, 0.05) is 30.3 Å². The number of fused-ring (bicyclic) bond motifs is 1. The second-order valence-electron chi connectivity index (χ2n) is 9.64. The number of esters is 1. The van der Waals surface area contributed by atoms with Gasteiger partial charge in [-0.25, -0.2) is 0 Å². The van der Waals surface area contributed by atoms with Crippen molar-refractivity contribution in [2.24, 2.45) is 5.11 Å². The number of benzene rings is 2. The molecule has 0 spiro atoms. The monoisotopic (exact) mass is 538 g/mol. The summed E-state index contributed by atoms with van der Waals surface area (Å²) in [4.78, 5) is 25.5. The van der Waals surface area contributed by atoms with Gasteiger partial charge in [-0.05, 0) is 80.6 Å². The van der Waals surface area contributed by atoms with Gasteiger partial charge in [0.15, 0.2) is 0 Å². The Morgan fingerprint density at radius 2 is 1.61 bits per heavy atom. The highest BCUT2D eigenvalue weighted by atomic mass is 19.4. The average Bonchev–Trinajstić information content (AvgIpc) is 2.82. The van der Waals surface area contributed by atoms with Gasteiger partial charge in [-0.1, -0.05) is 17.2 Å². The van der Waals surface area contributed by atoms with E-state index in [1.807, 2.05) is 50.4 Å². The zero-order chi connectivity index (χ0) is 28.2. The minimum atomic E-state index is -5.03. The molecule has 1 N–H and O–H groups in total. The number of azide groups is 1. The fourth-order valence-corrected chi connectivity index (χ4v) is 3.44. The number of hydrogen-bond donors (Lipinski definition) is 1. The van der Waals surface area contributed by atoms with Gasteiger partial charge in [0.05, 0.1) is 13.2 Å². The lowest BCUT2D eigenvalue weighted by atomic mass is 10.1. The minimum absolute atomic E-state index is 0.00521. The molecule has 0 unspecified atom stereocenters. The number of carbonyl (C=O) groups is 2. The first kappa shape index (κ1) is 30.6. The molecule has 0 saturated heterocycles. The van der Waals surface area contributed by atoms with Crippen LogP contribution in [0.15, 0.2) is 41.5 Å². The highest BCUT2D eigenvalue weighted by Crippen LogP contribution is 2.26. The first-order valence-corrected chi connectivity index (χ1v) is 12.3. The number of carbonyl (C=O) groups excluding carboxylic acids is 2. The average molecular weight is 539 g/mol. The number of amides is 1. The topological polar surface area (TPSA) is 123 Å². The summed E-state index contributed by atoms with van der Waals surface area (Å²) in [6.07, 6.45) is -2.32. The fourth-order valence-electron chi connectivity index (χ4n) is 3.44. The summed E-state index contributed by atoms with van der Waals surface area (Å²) in [6, 6.07) is 9.94. The van der Waals surface area contributed by atoms with Crippen molar-refractivity contribution in [1.29, 1.82) is 0 Å². The summed E-state index contributed by atoms with van der Waals surface area (Å²) >= 11 is 0. The molecule has 9 nitrogen and oxygen atoms in total.